The Kier molecular flexibility index (Phi) is 5.18. The quantitative estimate of drug-likeness (QED) is 0.718. The van der Waals surface area contributed by atoms with E-state index in [-0.39, 0.29) is 12.5 Å². The second-order valence-electron chi connectivity index (χ2n) is 5.61. The Labute approximate surface area is 146 Å². The number of ether oxygens (including phenoxy) is 2. The molecule has 0 aliphatic carbocycles. The van der Waals surface area contributed by atoms with Gasteiger partial charge < -0.3 is 19.4 Å². The van der Waals surface area contributed by atoms with Crippen LogP contribution in [-0.2, 0) is 11.3 Å². The van der Waals surface area contributed by atoms with Crippen molar-refractivity contribution in [3.05, 3.63) is 54.4 Å². The second-order valence-corrected chi connectivity index (χ2v) is 5.61. The molecule has 0 aliphatic heterocycles. The van der Waals surface area contributed by atoms with Gasteiger partial charge in [-0.3, -0.25) is 4.79 Å². The minimum atomic E-state index is -0.155. The lowest BCUT2D eigenvalue weighted by Crippen LogP contribution is -2.31. The third-order valence-corrected chi connectivity index (χ3v) is 3.93. The van der Waals surface area contributed by atoms with Crippen LogP contribution in [0, 0.1) is 6.92 Å². The van der Waals surface area contributed by atoms with Gasteiger partial charge >= 0.3 is 0 Å². The molecule has 1 N–H and O–H groups in total. The van der Waals surface area contributed by atoms with Crippen LogP contribution < -0.4 is 14.8 Å². The first kappa shape index (κ1) is 16.8. The number of imidazole rings is 1. The summed E-state index contributed by atoms with van der Waals surface area (Å²) in [5.41, 5.74) is 2.04. The minimum absolute atomic E-state index is 0.0179. The molecule has 0 radical (unpaired) electrons. The number of methoxy groups -OCH3 is 1. The van der Waals surface area contributed by atoms with Crippen molar-refractivity contribution in [3.63, 3.8) is 0 Å². The van der Waals surface area contributed by atoms with E-state index in [1.807, 2.05) is 31.2 Å². The third kappa shape index (κ3) is 4.09. The first-order chi connectivity index (χ1) is 12.2. The number of hydrogen-bond donors (Lipinski definition) is 1. The predicted molar refractivity (Wildman–Crippen MR) is 96.0 cm³/mol. The Bertz CT molecular complexity index is 856. The van der Waals surface area contributed by atoms with Crippen molar-refractivity contribution in [3.8, 4) is 11.5 Å². The summed E-state index contributed by atoms with van der Waals surface area (Å²) in [6.07, 6.45) is 0. The molecule has 25 heavy (non-hydrogen) atoms. The monoisotopic (exact) mass is 339 g/mol. The molecule has 1 heterocycles. The summed E-state index contributed by atoms with van der Waals surface area (Å²) in [5.74, 6) is 2.16. The Morgan fingerprint density at radius 1 is 1.12 bits per heavy atom. The van der Waals surface area contributed by atoms with E-state index >= 15 is 0 Å². The zero-order valence-electron chi connectivity index (χ0n) is 14.4. The molecule has 1 aromatic heterocycles. The molecule has 0 atom stereocenters. The number of fused-ring (bicyclic) bond motifs is 1. The first-order valence-corrected chi connectivity index (χ1v) is 8.13. The fourth-order valence-electron chi connectivity index (χ4n) is 2.66. The van der Waals surface area contributed by atoms with E-state index < -0.39 is 0 Å². The number of para-hydroxylation sites is 2. The van der Waals surface area contributed by atoms with Crippen LogP contribution in [0.4, 0.5) is 0 Å². The summed E-state index contributed by atoms with van der Waals surface area (Å²) in [6.45, 7) is 3.14. The molecule has 2 aromatic carbocycles. The van der Waals surface area contributed by atoms with Crippen LogP contribution >= 0.6 is 0 Å². The smallest absolute Gasteiger partial charge is 0.258 e. The molecule has 0 fully saturated rings. The van der Waals surface area contributed by atoms with Crippen molar-refractivity contribution in [2.24, 2.45) is 0 Å². The van der Waals surface area contributed by atoms with Crippen molar-refractivity contribution in [2.45, 2.75) is 13.5 Å². The molecular formula is C19H21N3O3. The number of nitrogens with zero attached hydrogens (tertiary/aromatic N) is 2. The average Bonchev–Trinajstić information content (AvgIpc) is 2.96. The van der Waals surface area contributed by atoms with Gasteiger partial charge in [0, 0.05) is 13.1 Å². The van der Waals surface area contributed by atoms with Gasteiger partial charge in [0.25, 0.3) is 5.91 Å². The third-order valence-electron chi connectivity index (χ3n) is 3.93. The lowest BCUT2D eigenvalue weighted by Gasteiger charge is -2.10. The summed E-state index contributed by atoms with van der Waals surface area (Å²) >= 11 is 0. The molecule has 0 saturated heterocycles. The van der Waals surface area contributed by atoms with Crippen LogP contribution in [-0.4, -0.2) is 35.7 Å². The molecule has 3 aromatic rings. The predicted octanol–water partition coefficient (Wildman–Crippen LogP) is 2.55. The number of carbonyl (C=O) groups excluding carboxylic acids is 1. The van der Waals surface area contributed by atoms with Gasteiger partial charge in [0.2, 0.25) is 0 Å². The van der Waals surface area contributed by atoms with E-state index in [1.165, 1.54) is 0 Å². The van der Waals surface area contributed by atoms with Crippen molar-refractivity contribution in [1.29, 1.82) is 0 Å². The zero-order chi connectivity index (χ0) is 17.6. The molecule has 0 spiro atoms. The SMILES string of the molecule is COc1ccc(OCC(=O)NCCn2c(C)nc3ccccc32)cc1. The van der Waals surface area contributed by atoms with E-state index in [9.17, 15) is 4.79 Å². The molecule has 130 valence electrons. The fourth-order valence-corrected chi connectivity index (χ4v) is 2.66. The number of carbonyl (C=O) groups is 1. The molecule has 6 nitrogen and oxygen atoms in total. The highest BCUT2D eigenvalue weighted by Gasteiger charge is 2.07. The van der Waals surface area contributed by atoms with Crippen molar-refractivity contribution in [2.75, 3.05) is 20.3 Å². The van der Waals surface area contributed by atoms with Crippen molar-refractivity contribution in [1.82, 2.24) is 14.9 Å². The molecule has 0 bridgehead atoms. The van der Waals surface area contributed by atoms with Gasteiger partial charge in [0.15, 0.2) is 6.61 Å². The number of rotatable bonds is 7. The Balaban J connectivity index is 1.48. The van der Waals surface area contributed by atoms with Gasteiger partial charge in [-0.05, 0) is 43.3 Å². The van der Waals surface area contributed by atoms with Gasteiger partial charge in [-0.1, -0.05) is 12.1 Å². The largest absolute Gasteiger partial charge is 0.497 e. The molecular weight excluding hydrogens is 318 g/mol. The molecule has 0 unspecified atom stereocenters. The van der Waals surface area contributed by atoms with Gasteiger partial charge in [-0.2, -0.15) is 0 Å². The maximum absolute atomic E-state index is 11.9. The van der Waals surface area contributed by atoms with Crippen LogP contribution in [0.5, 0.6) is 11.5 Å². The Hall–Kier alpha value is -3.02. The maximum atomic E-state index is 11.9. The second kappa shape index (κ2) is 7.70. The molecule has 6 heteroatoms. The topological polar surface area (TPSA) is 65.4 Å². The first-order valence-electron chi connectivity index (χ1n) is 8.13. The normalized spacial score (nSPS) is 10.6. The maximum Gasteiger partial charge on any atom is 0.258 e. The van der Waals surface area contributed by atoms with E-state index in [2.05, 4.69) is 14.9 Å². The fraction of sp³-hybridized carbons (Fsp3) is 0.263. The summed E-state index contributed by atoms with van der Waals surface area (Å²) in [4.78, 5) is 16.4. The number of benzene rings is 2. The lowest BCUT2D eigenvalue weighted by atomic mass is 10.3. The van der Waals surface area contributed by atoms with Crippen LogP contribution in [0.25, 0.3) is 11.0 Å². The van der Waals surface area contributed by atoms with Crippen LogP contribution in [0.2, 0.25) is 0 Å². The van der Waals surface area contributed by atoms with Gasteiger partial charge in [0.1, 0.15) is 17.3 Å². The van der Waals surface area contributed by atoms with Gasteiger partial charge in [0.05, 0.1) is 18.1 Å². The highest BCUT2D eigenvalue weighted by Crippen LogP contribution is 2.17. The molecule has 3 rings (SSSR count). The molecule has 0 aliphatic rings. The van der Waals surface area contributed by atoms with E-state index in [0.717, 1.165) is 22.6 Å². The Morgan fingerprint density at radius 3 is 2.60 bits per heavy atom. The van der Waals surface area contributed by atoms with Crippen molar-refractivity contribution < 1.29 is 14.3 Å². The summed E-state index contributed by atoms with van der Waals surface area (Å²) in [6, 6.07) is 15.1. The van der Waals surface area contributed by atoms with Crippen molar-refractivity contribution >= 4 is 16.9 Å². The standard InChI is InChI=1S/C19H21N3O3/c1-14-21-17-5-3-4-6-18(17)22(14)12-11-20-19(23)13-25-16-9-7-15(24-2)8-10-16/h3-10H,11-13H2,1-2H3,(H,20,23). The zero-order valence-corrected chi connectivity index (χ0v) is 14.4. The molecule has 0 saturated carbocycles. The summed E-state index contributed by atoms with van der Waals surface area (Å²) in [7, 11) is 1.61. The Morgan fingerprint density at radius 2 is 1.84 bits per heavy atom. The van der Waals surface area contributed by atoms with Crippen LogP contribution in [0.1, 0.15) is 5.82 Å². The highest BCUT2D eigenvalue weighted by molar-refractivity contribution is 5.78. The summed E-state index contributed by atoms with van der Waals surface area (Å²) < 4.78 is 12.6. The molecule has 1 amide bonds. The van der Waals surface area contributed by atoms with E-state index in [1.54, 1.807) is 31.4 Å². The minimum Gasteiger partial charge on any atom is -0.497 e. The van der Waals surface area contributed by atoms with E-state index in [0.29, 0.717) is 18.8 Å². The summed E-state index contributed by atoms with van der Waals surface area (Å²) in [5, 5.41) is 2.87. The lowest BCUT2D eigenvalue weighted by molar-refractivity contribution is -0.123. The number of amides is 1. The van der Waals surface area contributed by atoms with Crippen LogP contribution in [0.3, 0.4) is 0 Å². The number of aryl methyl sites for hydroxylation is 1. The number of nitrogens with one attached hydrogen (secondary N) is 1. The van der Waals surface area contributed by atoms with Gasteiger partial charge in [-0.15, -0.1) is 0 Å². The van der Waals surface area contributed by atoms with E-state index in [4.69, 9.17) is 9.47 Å². The van der Waals surface area contributed by atoms with Crippen LogP contribution in [0.15, 0.2) is 48.5 Å². The van der Waals surface area contributed by atoms with Gasteiger partial charge in [-0.25, -0.2) is 4.98 Å². The number of hydrogen-bond acceptors (Lipinski definition) is 4. The average molecular weight is 339 g/mol. The highest BCUT2D eigenvalue weighted by atomic mass is 16.5. The number of aromatic nitrogens is 2.